The van der Waals surface area contributed by atoms with E-state index in [0.29, 0.717) is 13.0 Å². The zero-order valence-corrected chi connectivity index (χ0v) is 15.2. The van der Waals surface area contributed by atoms with Crippen LogP contribution in [0.3, 0.4) is 0 Å². The number of aryl methyl sites for hydroxylation is 1. The van der Waals surface area contributed by atoms with Gasteiger partial charge in [0.2, 0.25) is 0 Å². The normalized spacial score (nSPS) is 11.6. The van der Waals surface area contributed by atoms with E-state index >= 15 is 0 Å². The number of hydrogen-bond donors (Lipinski definition) is 0. The Morgan fingerprint density at radius 3 is 2.08 bits per heavy atom. The summed E-state index contributed by atoms with van der Waals surface area (Å²) in [7, 11) is 0. The topological polar surface area (TPSA) is 52.6 Å². The predicted molar refractivity (Wildman–Crippen MR) is 101 cm³/mol. The SMILES string of the molecule is CC(Cc1ccccc1)OC(=O)CCC(=O)OCCCc1ccccc1. The Labute approximate surface area is 155 Å². The molecule has 0 bridgehead atoms. The molecule has 2 aromatic carbocycles. The smallest absolute Gasteiger partial charge is 0.306 e. The number of carbonyl (C=O) groups is 2. The fourth-order valence-electron chi connectivity index (χ4n) is 2.65. The molecule has 138 valence electrons. The third-order valence-corrected chi connectivity index (χ3v) is 3.95. The van der Waals surface area contributed by atoms with E-state index in [0.717, 1.165) is 18.4 Å². The second kappa shape index (κ2) is 11.1. The molecule has 0 N–H and O–H groups in total. The predicted octanol–water partition coefficient (Wildman–Crippen LogP) is 4.12. The minimum absolute atomic E-state index is 0.0522. The standard InChI is InChI=1S/C22H26O4/c1-18(17-20-11-6-3-7-12-20)26-22(24)15-14-21(23)25-16-8-13-19-9-4-2-5-10-19/h2-7,9-12,18H,8,13-17H2,1H3. The molecule has 0 aliphatic carbocycles. The quantitative estimate of drug-likeness (QED) is 0.476. The third kappa shape index (κ3) is 7.97. The van der Waals surface area contributed by atoms with E-state index in [1.165, 1.54) is 5.56 Å². The van der Waals surface area contributed by atoms with Crippen molar-refractivity contribution in [2.45, 2.75) is 45.1 Å². The van der Waals surface area contributed by atoms with Crippen molar-refractivity contribution in [1.29, 1.82) is 0 Å². The number of esters is 2. The zero-order valence-electron chi connectivity index (χ0n) is 15.2. The lowest BCUT2D eigenvalue weighted by Gasteiger charge is -2.13. The van der Waals surface area contributed by atoms with Crippen LogP contribution in [-0.4, -0.2) is 24.6 Å². The highest BCUT2D eigenvalue weighted by Gasteiger charge is 2.13. The van der Waals surface area contributed by atoms with Crippen LogP contribution in [0.4, 0.5) is 0 Å². The van der Waals surface area contributed by atoms with Crippen LogP contribution in [0.2, 0.25) is 0 Å². The maximum Gasteiger partial charge on any atom is 0.306 e. The molecular formula is C22H26O4. The summed E-state index contributed by atoms with van der Waals surface area (Å²) in [5.74, 6) is -0.722. The van der Waals surface area contributed by atoms with Gasteiger partial charge in [0.05, 0.1) is 19.4 Å². The molecule has 0 amide bonds. The van der Waals surface area contributed by atoms with Crippen molar-refractivity contribution in [2.24, 2.45) is 0 Å². The van der Waals surface area contributed by atoms with E-state index in [9.17, 15) is 9.59 Å². The van der Waals surface area contributed by atoms with E-state index in [1.54, 1.807) is 0 Å². The van der Waals surface area contributed by atoms with Gasteiger partial charge in [-0.3, -0.25) is 9.59 Å². The summed E-state index contributed by atoms with van der Waals surface area (Å²) in [5, 5.41) is 0. The van der Waals surface area contributed by atoms with Crippen molar-refractivity contribution >= 4 is 11.9 Å². The first-order valence-corrected chi connectivity index (χ1v) is 9.06. The van der Waals surface area contributed by atoms with E-state index in [1.807, 2.05) is 55.5 Å². The molecule has 0 aromatic heterocycles. The Balaban J connectivity index is 1.55. The monoisotopic (exact) mass is 354 g/mol. The lowest BCUT2D eigenvalue weighted by molar-refractivity contribution is -0.153. The molecule has 1 atom stereocenters. The van der Waals surface area contributed by atoms with Gasteiger partial charge >= 0.3 is 11.9 Å². The van der Waals surface area contributed by atoms with Crippen LogP contribution in [0, 0.1) is 0 Å². The number of benzene rings is 2. The van der Waals surface area contributed by atoms with Gasteiger partial charge in [-0.2, -0.15) is 0 Å². The Morgan fingerprint density at radius 2 is 1.42 bits per heavy atom. The van der Waals surface area contributed by atoms with E-state index < -0.39 is 0 Å². The third-order valence-electron chi connectivity index (χ3n) is 3.95. The van der Waals surface area contributed by atoms with Crippen LogP contribution in [0.1, 0.15) is 37.3 Å². The van der Waals surface area contributed by atoms with E-state index in [4.69, 9.17) is 9.47 Å². The molecule has 0 heterocycles. The first kappa shape index (κ1) is 19.7. The van der Waals surface area contributed by atoms with Crippen LogP contribution in [0.5, 0.6) is 0 Å². The molecule has 0 aliphatic rings. The minimum Gasteiger partial charge on any atom is -0.466 e. The molecule has 0 saturated carbocycles. The molecule has 1 unspecified atom stereocenters. The molecule has 0 radical (unpaired) electrons. The average Bonchev–Trinajstić information content (AvgIpc) is 2.65. The average molecular weight is 354 g/mol. The Morgan fingerprint density at radius 1 is 0.846 bits per heavy atom. The van der Waals surface area contributed by atoms with Gasteiger partial charge in [-0.15, -0.1) is 0 Å². The molecule has 2 aromatic rings. The lowest BCUT2D eigenvalue weighted by Crippen LogP contribution is -2.18. The van der Waals surface area contributed by atoms with Crippen LogP contribution >= 0.6 is 0 Å². The molecule has 0 fully saturated rings. The van der Waals surface area contributed by atoms with Gasteiger partial charge in [-0.05, 0) is 30.9 Å². The summed E-state index contributed by atoms with van der Waals surface area (Å²) in [5.41, 5.74) is 2.34. The highest BCUT2D eigenvalue weighted by molar-refractivity contribution is 5.77. The van der Waals surface area contributed by atoms with E-state index in [2.05, 4.69) is 12.1 Å². The highest BCUT2D eigenvalue weighted by Crippen LogP contribution is 2.08. The van der Waals surface area contributed by atoms with Gasteiger partial charge in [0, 0.05) is 6.42 Å². The Bertz CT molecular complexity index is 667. The first-order valence-electron chi connectivity index (χ1n) is 9.06. The van der Waals surface area contributed by atoms with Gasteiger partial charge in [0.1, 0.15) is 6.10 Å². The summed E-state index contributed by atoms with van der Waals surface area (Å²) >= 11 is 0. The maximum absolute atomic E-state index is 11.8. The molecular weight excluding hydrogens is 328 g/mol. The maximum atomic E-state index is 11.8. The summed E-state index contributed by atoms with van der Waals surface area (Å²) in [6.45, 7) is 2.22. The minimum atomic E-state index is -0.366. The Kier molecular flexibility index (Phi) is 8.40. The van der Waals surface area contributed by atoms with Crippen LogP contribution < -0.4 is 0 Å². The van der Waals surface area contributed by atoms with Crippen molar-refractivity contribution in [3.05, 3.63) is 71.8 Å². The number of carbonyl (C=O) groups excluding carboxylic acids is 2. The van der Waals surface area contributed by atoms with Gasteiger partial charge in [0.15, 0.2) is 0 Å². The molecule has 4 nitrogen and oxygen atoms in total. The molecule has 2 rings (SSSR count). The van der Waals surface area contributed by atoms with Gasteiger partial charge in [-0.25, -0.2) is 0 Å². The summed E-state index contributed by atoms with van der Waals surface area (Å²) in [6.07, 6.45) is 2.20. The second-order valence-electron chi connectivity index (χ2n) is 6.30. The molecule has 26 heavy (non-hydrogen) atoms. The summed E-state index contributed by atoms with van der Waals surface area (Å²) in [6, 6.07) is 19.9. The zero-order chi connectivity index (χ0) is 18.6. The molecule has 4 heteroatoms. The lowest BCUT2D eigenvalue weighted by atomic mass is 10.1. The largest absolute Gasteiger partial charge is 0.466 e. The van der Waals surface area contributed by atoms with Gasteiger partial charge in [-0.1, -0.05) is 60.7 Å². The highest BCUT2D eigenvalue weighted by atomic mass is 16.5. The van der Waals surface area contributed by atoms with Crippen LogP contribution in [0.25, 0.3) is 0 Å². The van der Waals surface area contributed by atoms with Crippen molar-refractivity contribution < 1.29 is 19.1 Å². The summed E-state index contributed by atoms with van der Waals surface area (Å²) < 4.78 is 10.5. The van der Waals surface area contributed by atoms with Gasteiger partial charge in [0.25, 0.3) is 0 Å². The first-order chi connectivity index (χ1) is 12.6. The Hall–Kier alpha value is -2.62. The molecule has 0 spiro atoms. The van der Waals surface area contributed by atoms with Crippen LogP contribution in [0.15, 0.2) is 60.7 Å². The van der Waals surface area contributed by atoms with E-state index in [-0.39, 0.29) is 30.9 Å². The number of hydrogen-bond acceptors (Lipinski definition) is 4. The second-order valence-corrected chi connectivity index (χ2v) is 6.30. The molecule has 0 saturated heterocycles. The van der Waals surface area contributed by atoms with Crippen molar-refractivity contribution in [3.63, 3.8) is 0 Å². The molecule has 0 aliphatic heterocycles. The number of rotatable bonds is 10. The fraction of sp³-hybridized carbons (Fsp3) is 0.364. The van der Waals surface area contributed by atoms with Crippen molar-refractivity contribution in [3.8, 4) is 0 Å². The summed E-state index contributed by atoms with van der Waals surface area (Å²) in [4.78, 5) is 23.5. The number of ether oxygens (including phenoxy) is 2. The van der Waals surface area contributed by atoms with Crippen molar-refractivity contribution in [2.75, 3.05) is 6.61 Å². The van der Waals surface area contributed by atoms with Crippen molar-refractivity contribution in [1.82, 2.24) is 0 Å². The fourth-order valence-corrected chi connectivity index (χ4v) is 2.65. The van der Waals surface area contributed by atoms with Crippen LogP contribution in [-0.2, 0) is 31.9 Å². The van der Waals surface area contributed by atoms with Gasteiger partial charge < -0.3 is 9.47 Å².